The zero-order valence-electron chi connectivity index (χ0n) is 11.5. The number of hydrogen-bond donors (Lipinski definition) is 1. The number of nitrogens with zero attached hydrogens (tertiary/aromatic N) is 2. The Morgan fingerprint density at radius 2 is 1.94 bits per heavy atom. The number of nitrogens with one attached hydrogen (secondary N) is 1. The first kappa shape index (κ1) is 13.2. The molecule has 0 saturated heterocycles. The van der Waals surface area contributed by atoms with Crippen molar-refractivity contribution < 1.29 is 0 Å². The predicted octanol–water partition coefficient (Wildman–Crippen LogP) is 3.14. The van der Waals surface area contributed by atoms with Crippen LogP contribution in [0, 0.1) is 13.8 Å². The molecule has 0 spiro atoms. The molecule has 0 aliphatic heterocycles. The lowest BCUT2D eigenvalue weighted by atomic mass is 10.1. The van der Waals surface area contributed by atoms with E-state index in [0.717, 1.165) is 5.69 Å². The average molecular weight is 223 g/mol. The van der Waals surface area contributed by atoms with E-state index in [0.29, 0.717) is 12.1 Å². The monoisotopic (exact) mass is 223 g/mol. The van der Waals surface area contributed by atoms with Crippen LogP contribution in [-0.2, 0) is 0 Å². The fraction of sp³-hybridized carbons (Fsp3) is 0.769. The largest absolute Gasteiger partial charge is 0.313 e. The van der Waals surface area contributed by atoms with Gasteiger partial charge in [-0.05, 0) is 41.2 Å². The molecule has 0 saturated carbocycles. The van der Waals surface area contributed by atoms with E-state index in [1.165, 1.54) is 24.1 Å². The van der Waals surface area contributed by atoms with Crippen LogP contribution in [0.4, 0.5) is 0 Å². The minimum Gasteiger partial charge on any atom is -0.313 e. The van der Waals surface area contributed by atoms with Crippen molar-refractivity contribution in [1.82, 2.24) is 15.1 Å². The van der Waals surface area contributed by atoms with E-state index in [-0.39, 0.29) is 0 Å². The molecule has 1 aromatic rings. The molecule has 3 nitrogen and oxygen atoms in total. The summed E-state index contributed by atoms with van der Waals surface area (Å²) in [4.78, 5) is 0. The highest BCUT2D eigenvalue weighted by molar-refractivity contribution is 5.28. The third-order valence-corrected chi connectivity index (χ3v) is 3.37. The van der Waals surface area contributed by atoms with Gasteiger partial charge in [0.2, 0.25) is 0 Å². The highest BCUT2D eigenvalue weighted by Crippen LogP contribution is 2.24. The maximum Gasteiger partial charge on any atom is 0.0644 e. The summed E-state index contributed by atoms with van der Waals surface area (Å²) in [6.07, 6.45) is 2.39. The number of rotatable bonds is 5. The van der Waals surface area contributed by atoms with Crippen molar-refractivity contribution in [2.75, 3.05) is 7.05 Å². The Morgan fingerprint density at radius 1 is 1.31 bits per heavy atom. The molecule has 0 bridgehead atoms. The second-order valence-corrected chi connectivity index (χ2v) is 4.68. The van der Waals surface area contributed by atoms with E-state index in [1.54, 1.807) is 0 Å². The molecule has 1 rings (SSSR count). The zero-order valence-corrected chi connectivity index (χ0v) is 11.5. The van der Waals surface area contributed by atoms with Gasteiger partial charge in [-0.2, -0.15) is 5.10 Å². The molecule has 92 valence electrons. The van der Waals surface area contributed by atoms with Gasteiger partial charge in [-0.15, -0.1) is 0 Å². The number of aryl methyl sites for hydroxylation is 1. The van der Waals surface area contributed by atoms with Crippen molar-refractivity contribution in [2.45, 2.75) is 59.5 Å². The van der Waals surface area contributed by atoms with Gasteiger partial charge in [0.25, 0.3) is 0 Å². The SMILES string of the molecule is CCCC(C)n1nc(C)c(C(C)NC)c1C. The molecule has 0 aliphatic rings. The minimum atomic E-state index is 0.377. The van der Waals surface area contributed by atoms with Crippen molar-refractivity contribution in [3.05, 3.63) is 17.0 Å². The van der Waals surface area contributed by atoms with Crippen LogP contribution in [0.15, 0.2) is 0 Å². The second-order valence-electron chi connectivity index (χ2n) is 4.68. The molecule has 1 aromatic heterocycles. The summed E-state index contributed by atoms with van der Waals surface area (Å²) in [5.74, 6) is 0. The Balaban J connectivity index is 3.06. The third kappa shape index (κ3) is 2.46. The van der Waals surface area contributed by atoms with Crippen LogP contribution in [0.1, 0.15) is 62.6 Å². The van der Waals surface area contributed by atoms with Crippen LogP contribution in [0.3, 0.4) is 0 Å². The summed E-state index contributed by atoms with van der Waals surface area (Å²) in [6, 6.07) is 0.879. The summed E-state index contributed by atoms with van der Waals surface area (Å²) in [5.41, 5.74) is 3.81. The first-order valence-corrected chi connectivity index (χ1v) is 6.25. The molecular weight excluding hydrogens is 198 g/mol. The smallest absolute Gasteiger partial charge is 0.0644 e. The molecule has 2 unspecified atom stereocenters. The molecule has 1 heterocycles. The Hall–Kier alpha value is -0.830. The molecule has 1 N–H and O–H groups in total. The minimum absolute atomic E-state index is 0.377. The van der Waals surface area contributed by atoms with Crippen LogP contribution in [0.25, 0.3) is 0 Å². The Morgan fingerprint density at radius 3 is 2.44 bits per heavy atom. The maximum atomic E-state index is 4.67. The van der Waals surface area contributed by atoms with E-state index < -0.39 is 0 Å². The molecule has 16 heavy (non-hydrogen) atoms. The fourth-order valence-electron chi connectivity index (χ4n) is 2.42. The molecular formula is C13H25N3. The summed E-state index contributed by atoms with van der Waals surface area (Å²) in [6.45, 7) is 10.9. The maximum absolute atomic E-state index is 4.67. The van der Waals surface area contributed by atoms with Crippen molar-refractivity contribution in [2.24, 2.45) is 0 Å². The lowest BCUT2D eigenvalue weighted by Gasteiger charge is -2.15. The van der Waals surface area contributed by atoms with Crippen molar-refractivity contribution in [1.29, 1.82) is 0 Å². The van der Waals surface area contributed by atoms with Gasteiger partial charge in [0, 0.05) is 23.3 Å². The van der Waals surface area contributed by atoms with Crippen LogP contribution >= 0.6 is 0 Å². The van der Waals surface area contributed by atoms with Crippen molar-refractivity contribution >= 4 is 0 Å². The van der Waals surface area contributed by atoms with Crippen molar-refractivity contribution in [3.8, 4) is 0 Å². The summed E-state index contributed by atoms with van der Waals surface area (Å²) < 4.78 is 2.18. The quantitative estimate of drug-likeness (QED) is 0.831. The summed E-state index contributed by atoms with van der Waals surface area (Å²) >= 11 is 0. The van der Waals surface area contributed by atoms with Gasteiger partial charge in [-0.1, -0.05) is 13.3 Å². The van der Waals surface area contributed by atoms with E-state index in [9.17, 15) is 0 Å². The van der Waals surface area contributed by atoms with Gasteiger partial charge >= 0.3 is 0 Å². The second kappa shape index (κ2) is 5.48. The fourth-order valence-corrected chi connectivity index (χ4v) is 2.42. The van der Waals surface area contributed by atoms with Gasteiger partial charge in [-0.25, -0.2) is 0 Å². The highest BCUT2D eigenvalue weighted by Gasteiger charge is 2.18. The summed E-state index contributed by atoms with van der Waals surface area (Å²) in [7, 11) is 2.00. The topological polar surface area (TPSA) is 29.9 Å². The lowest BCUT2D eigenvalue weighted by molar-refractivity contribution is 0.443. The lowest BCUT2D eigenvalue weighted by Crippen LogP contribution is -2.15. The Kier molecular flexibility index (Phi) is 4.54. The van der Waals surface area contributed by atoms with E-state index in [2.05, 4.69) is 49.7 Å². The van der Waals surface area contributed by atoms with Gasteiger partial charge in [-0.3, -0.25) is 4.68 Å². The van der Waals surface area contributed by atoms with Crippen LogP contribution < -0.4 is 5.32 Å². The highest BCUT2D eigenvalue weighted by atomic mass is 15.3. The average Bonchev–Trinajstić information content (AvgIpc) is 2.54. The number of hydrogen-bond acceptors (Lipinski definition) is 2. The first-order valence-electron chi connectivity index (χ1n) is 6.25. The van der Waals surface area contributed by atoms with Gasteiger partial charge in [0.05, 0.1) is 5.69 Å². The normalized spacial score (nSPS) is 15.1. The van der Waals surface area contributed by atoms with E-state index in [1.807, 2.05) is 7.05 Å². The Bertz CT molecular complexity index is 341. The van der Waals surface area contributed by atoms with Crippen molar-refractivity contribution in [3.63, 3.8) is 0 Å². The molecule has 0 amide bonds. The van der Waals surface area contributed by atoms with Crippen LogP contribution in [-0.4, -0.2) is 16.8 Å². The molecule has 0 aliphatic carbocycles. The molecule has 0 radical (unpaired) electrons. The molecule has 3 heteroatoms. The third-order valence-electron chi connectivity index (χ3n) is 3.37. The van der Waals surface area contributed by atoms with Crippen LogP contribution in [0.5, 0.6) is 0 Å². The molecule has 0 fully saturated rings. The Labute approximate surface area is 99.2 Å². The van der Waals surface area contributed by atoms with Gasteiger partial charge in [0.1, 0.15) is 0 Å². The van der Waals surface area contributed by atoms with Gasteiger partial charge < -0.3 is 5.32 Å². The predicted molar refractivity (Wildman–Crippen MR) is 68.8 cm³/mol. The first-order chi connectivity index (χ1) is 7.52. The number of aromatic nitrogens is 2. The van der Waals surface area contributed by atoms with Gasteiger partial charge in [0.15, 0.2) is 0 Å². The molecule has 0 aromatic carbocycles. The molecule has 2 atom stereocenters. The zero-order chi connectivity index (χ0) is 12.3. The van der Waals surface area contributed by atoms with Crippen LogP contribution in [0.2, 0.25) is 0 Å². The van der Waals surface area contributed by atoms with E-state index in [4.69, 9.17) is 0 Å². The van der Waals surface area contributed by atoms with E-state index >= 15 is 0 Å². The standard InChI is InChI=1S/C13H25N3/c1-7-8-9(2)16-12(5)13(10(3)14-6)11(4)15-16/h9-10,14H,7-8H2,1-6H3. The summed E-state index contributed by atoms with van der Waals surface area (Å²) in [5, 5.41) is 7.97.